The molecule has 1 aliphatic carbocycles. The van der Waals surface area contributed by atoms with Crippen molar-refractivity contribution in [3.63, 3.8) is 0 Å². The Kier molecular flexibility index (Phi) is 5.63. The molecular weight excluding hydrogens is 346 g/mol. The van der Waals surface area contributed by atoms with Crippen molar-refractivity contribution in [2.24, 2.45) is 5.41 Å². The number of hydrogen-bond acceptors (Lipinski definition) is 5. The van der Waals surface area contributed by atoms with Crippen molar-refractivity contribution in [3.05, 3.63) is 23.8 Å². The van der Waals surface area contributed by atoms with E-state index in [-0.39, 0.29) is 17.8 Å². The van der Waals surface area contributed by atoms with Gasteiger partial charge in [-0.15, -0.1) is 0 Å². The van der Waals surface area contributed by atoms with E-state index in [2.05, 4.69) is 0 Å². The lowest BCUT2D eigenvalue weighted by atomic mass is 9.73. The summed E-state index contributed by atoms with van der Waals surface area (Å²) < 4.78 is 16.6. The number of likely N-dealkylation sites (tertiary alicyclic amines) is 1. The maximum Gasteiger partial charge on any atom is 0.409 e. The quantitative estimate of drug-likeness (QED) is 0.784. The molecule has 2 fully saturated rings. The molecule has 0 radical (unpaired) electrons. The number of benzene rings is 1. The van der Waals surface area contributed by atoms with E-state index in [0.717, 1.165) is 18.4 Å². The number of methoxy groups -OCH3 is 2. The number of carbonyl (C=O) groups is 2. The van der Waals surface area contributed by atoms with Gasteiger partial charge in [-0.3, -0.25) is 4.79 Å². The van der Waals surface area contributed by atoms with Gasteiger partial charge in [0.25, 0.3) is 0 Å². The van der Waals surface area contributed by atoms with Crippen molar-refractivity contribution < 1.29 is 23.8 Å². The van der Waals surface area contributed by atoms with E-state index in [1.807, 2.05) is 25.1 Å². The first-order chi connectivity index (χ1) is 12.9. The Labute approximate surface area is 160 Å². The molecule has 1 saturated carbocycles. The maximum atomic E-state index is 12.5. The molecule has 2 atom stereocenters. The Morgan fingerprint density at radius 2 is 1.85 bits per heavy atom. The van der Waals surface area contributed by atoms with Gasteiger partial charge >= 0.3 is 6.09 Å². The zero-order chi connectivity index (χ0) is 19.6. The molecule has 1 unspecified atom stereocenters. The molecule has 1 aromatic rings. The molecule has 2 aliphatic rings. The molecule has 6 nitrogen and oxygen atoms in total. The van der Waals surface area contributed by atoms with Gasteiger partial charge in [0, 0.05) is 19.0 Å². The fourth-order valence-electron chi connectivity index (χ4n) is 4.28. The van der Waals surface area contributed by atoms with Gasteiger partial charge in [-0.05, 0) is 50.3 Å². The van der Waals surface area contributed by atoms with Crippen LogP contribution in [0.5, 0.6) is 11.5 Å². The van der Waals surface area contributed by atoms with Crippen LogP contribution in [-0.2, 0) is 9.53 Å². The zero-order valence-electron chi connectivity index (χ0n) is 16.6. The summed E-state index contributed by atoms with van der Waals surface area (Å²) in [5.74, 6) is 1.35. The highest BCUT2D eigenvalue weighted by molar-refractivity contribution is 5.85. The van der Waals surface area contributed by atoms with E-state index in [9.17, 15) is 9.59 Å². The molecule has 1 aromatic carbocycles. The first-order valence-electron chi connectivity index (χ1n) is 9.57. The molecule has 27 heavy (non-hydrogen) atoms. The lowest BCUT2D eigenvalue weighted by molar-refractivity contribution is -0.125. The smallest absolute Gasteiger partial charge is 0.409 e. The van der Waals surface area contributed by atoms with E-state index in [0.29, 0.717) is 24.6 Å². The van der Waals surface area contributed by atoms with Crippen molar-refractivity contribution in [2.75, 3.05) is 27.3 Å². The Morgan fingerprint density at radius 1 is 1.15 bits per heavy atom. The summed E-state index contributed by atoms with van der Waals surface area (Å²) >= 11 is 0. The Morgan fingerprint density at radius 3 is 2.44 bits per heavy atom. The van der Waals surface area contributed by atoms with Gasteiger partial charge in [-0.1, -0.05) is 13.0 Å². The summed E-state index contributed by atoms with van der Waals surface area (Å²) in [5, 5.41) is 0. The standard InChI is InChI=1S/C21H29NO5/c1-14(23)21(2)13-22(20(24)26-4)12-17(21)15-9-10-18(25-3)19(11-15)27-16-7-5-6-8-16/h9-11,16-17H,5-8,12-13H2,1-4H3/t17?,21-/m0/s1. The minimum Gasteiger partial charge on any atom is -0.493 e. The molecule has 1 saturated heterocycles. The van der Waals surface area contributed by atoms with Crippen molar-refractivity contribution in [2.45, 2.75) is 51.6 Å². The third kappa shape index (κ3) is 3.75. The van der Waals surface area contributed by atoms with Gasteiger partial charge < -0.3 is 19.1 Å². The van der Waals surface area contributed by atoms with Crippen LogP contribution in [-0.4, -0.2) is 50.2 Å². The molecule has 1 aliphatic heterocycles. The molecule has 3 rings (SSSR count). The average Bonchev–Trinajstić information content (AvgIpc) is 3.29. The second-order valence-electron chi connectivity index (χ2n) is 7.81. The predicted molar refractivity (Wildman–Crippen MR) is 101 cm³/mol. The number of nitrogens with zero attached hydrogens (tertiary/aromatic N) is 1. The Balaban J connectivity index is 1.92. The van der Waals surface area contributed by atoms with E-state index in [4.69, 9.17) is 14.2 Å². The second-order valence-corrected chi connectivity index (χ2v) is 7.81. The highest BCUT2D eigenvalue weighted by atomic mass is 16.5. The molecular formula is C21H29NO5. The third-order valence-corrected chi connectivity index (χ3v) is 6.11. The highest BCUT2D eigenvalue weighted by Crippen LogP contribution is 2.45. The molecule has 1 amide bonds. The van der Waals surface area contributed by atoms with E-state index in [1.165, 1.54) is 20.0 Å². The highest BCUT2D eigenvalue weighted by Gasteiger charge is 2.49. The number of Topliss-reactive ketones (excluding diaryl/α,β-unsaturated/α-hetero) is 1. The summed E-state index contributed by atoms with van der Waals surface area (Å²) in [6, 6.07) is 5.83. The molecule has 0 bridgehead atoms. The number of hydrogen-bond donors (Lipinski definition) is 0. The van der Waals surface area contributed by atoms with Crippen molar-refractivity contribution >= 4 is 11.9 Å². The van der Waals surface area contributed by atoms with Crippen LogP contribution in [0.3, 0.4) is 0 Å². The van der Waals surface area contributed by atoms with Crippen LogP contribution in [0.15, 0.2) is 18.2 Å². The average molecular weight is 375 g/mol. The van der Waals surface area contributed by atoms with Crippen molar-refractivity contribution in [3.8, 4) is 11.5 Å². The summed E-state index contributed by atoms with van der Waals surface area (Å²) in [6.07, 6.45) is 4.29. The maximum absolute atomic E-state index is 12.5. The van der Waals surface area contributed by atoms with Crippen LogP contribution in [0, 0.1) is 5.41 Å². The van der Waals surface area contributed by atoms with Gasteiger partial charge in [0.1, 0.15) is 5.78 Å². The van der Waals surface area contributed by atoms with Crippen molar-refractivity contribution in [1.82, 2.24) is 4.90 Å². The van der Waals surface area contributed by atoms with E-state index >= 15 is 0 Å². The number of ether oxygens (including phenoxy) is 3. The molecule has 1 heterocycles. The monoisotopic (exact) mass is 375 g/mol. The normalized spacial score (nSPS) is 25.5. The van der Waals surface area contributed by atoms with Crippen LogP contribution in [0.25, 0.3) is 0 Å². The number of amides is 1. The van der Waals surface area contributed by atoms with E-state index < -0.39 is 11.5 Å². The zero-order valence-corrected chi connectivity index (χ0v) is 16.6. The van der Waals surface area contributed by atoms with Gasteiger partial charge in [-0.2, -0.15) is 0 Å². The first kappa shape index (κ1) is 19.5. The summed E-state index contributed by atoms with van der Waals surface area (Å²) in [6.45, 7) is 4.31. The van der Waals surface area contributed by atoms with Crippen LogP contribution in [0.2, 0.25) is 0 Å². The molecule has 0 aromatic heterocycles. The fraction of sp³-hybridized carbons (Fsp3) is 0.619. The lowest BCUT2D eigenvalue weighted by Crippen LogP contribution is -2.35. The first-order valence-corrected chi connectivity index (χ1v) is 9.57. The van der Waals surface area contributed by atoms with Gasteiger partial charge in [0.05, 0.1) is 25.7 Å². The van der Waals surface area contributed by atoms with E-state index in [1.54, 1.807) is 18.9 Å². The molecule has 6 heteroatoms. The Hall–Kier alpha value is -2.24. The van der Waals surface area contributed by atoms with Crippen LogP contribution in [0.1, 0.15) is 51.0 Å². The minimum absolute atomic E-state index is 0.0629. The number of rotatable bonds is 5. The molecule has 148 valence electrons. The van der Waals surface area contributed by atoms with Gasteiger partial charge in [0.15, 0.2) is 11.5 Å². The van der Waals surface area contributed by atoms with Crippen LogP contribution < -0.4 is 9.47 Å². The van der Waals surface area contributed by atoms with Gasteiger partial charge in [-0.25, -0.2) is 4.79 Å². The van der Waals surface area contributed by atoms with Crippen molar-refractivity contribution in [1.29, 1.82) is 0 Å². The topological polar surface area (TPSA) is 65.1 Å². The predicted octanol–water partition coefficient (Wildman–Crippen LogP) is 3.78. The van der Waals surface area contributed by atoms with Crippen LogP contribution >= 0.6 is 0 Å². The number of ketones is 1. The van der Waals surface area contributed by atoms with Gasteiger partial charge in [0.2, 0.25) is 0 Å². The summed E-state index contributed by atoms with van der Waals surface area (Å²) in [7, 11) is 2.99. The minimum atomic E-state index is -0.659. The molecule has 0 N–H and O–H groups in total. The largest absolute Gasteiger partial charge is 0.493 e. The Bertz CT molecular complexity index is 713. The third-order valence-electron chi connectivity index (χ3n) is 6.11. The lowest BCUT2D eigenvalue weighted by Gasteiger charge is -2.28. The SMILES string of the molecule is COC(=O)N1CC(c2ccc(OC)c(OC3CCCC3)c2)[C@](C)(C(C)=O)C1. The fourth-order valence-corrected chi connectivity index (χ4v) is 4.28. The number of carbonyl (C=O) groups excluding carboxylic acids is 2. The summed E-state index contributed by atoms with van der Waals surface area (Å²) in [5.41, 5.74) is 0.320. The van der Waals surface area contributed by atoms with Crippen LogP contribution in [0.4, 0.5) is 4.79 Å². The second kappa shape index (κ2) is 7.79. The summed E-state index contributed by atoms with van der Waals surface area (Å²) in [4.78, 5) is 26.1. The molecule has 0 spiro atoms.